The Morgan fingerprint density at radius 2 is 1.88 bits per heavy atom. The van der Waals surface area contributed by atoms with Gasteiger partial charge in [-0.25, -0.2) is 4.99 Å². The number of para-hydroxylation sites is 1. The van der Waals surface area contributed by atoms with Gasteiger partial charge in [0.15, 0.2) is 5.96 Å². The lowest BCUT2D eigenvalue weighted by atomic mass is 10.1. The van der Waals surface area contributed by atoms with E-state index in [0.29, 0.717) is 13.1 Å². The topological polar surface area (TPSA) is 49.3 Å². The summed E-state index contributed by atoms with van der Waals surface area (Å²) in [6.45, 7) is 6.35. The van der Waals surface area contributed by atoms with E-state index in [1.54, 1.807) is 0 Å². The smallest absolute Gasteiger partial charge is 0.191 e. The third kappa shape index (κ3) is 4.57. The molecule has 0 amide bonds. The van der Waals surface area contributed by atoms with Gasteiger partial charge in [0.05, 0.1) is 12.1 Å². The molecular weight excluding hydrogens is 308 g/mol. The van der Waals surface area contributed by atoms with Gasteiger partial charge in [-0.3, -0.25) is 4.98 Å². The lowest BCUT2D eigenvalue weighted by Gasteiger charge is -2.12. The zero-order valence-electron chi connectivity index (χ0n) is 14.8. The molecule has 0 aliphatic carbocycles. The molecule has 0 fully saturated rings. The predicted octanol–water partition coefficient (Wildman–Crippen LogP) is 3.80. The molecule has 0 spiro atoms. The monoisotopic (exact) mass is 332 g/mol. The molecule has 2 aromatic carbocycles. The summed E-state index contributed by atoms with van der Waals surface area (Å²) in [5, 5.41) is 7.87. The van der Waals surface area contributed by atoms with Crippen molar-refractivity contribution in [1.29, 1.82) is 0 Å². The van der Waals surface area contributed by atoms with Gasteiger partial charge < -0.3 is 10.6 Å². The van der Waals surface area contributed by atoms with Crippen LogP contribution in [0.4, 0.5) is 0 Å². The largest absolute Gasteiger partial charge is 0.357 e. The fourth-order valence-electron chi connectivity index (χ4n) is 2.81. The zero-order valence-corrected chi connectivity index (χ0v) is 14.8. The third-order valence-electron chi connectivity index (χ3n) is 4.01. The van der Waals surface area contributed by atoms with Crippen molar-refractivity contribution in [1.82, 2.24) is 15.6 Å². The number of pyridine rings is 1. The summed E-state index contributed by atoms with van der Waals surface area (Å²) in [5.41, 5.74) is 4.67. The lowest BCUT2D eigenvalue weighted by molar-refractivity contribution is 0.818. The predicted molar refractivity (Wildman–Crippen MR) is 105 cm³/mol. The van der Waals surface area contributed by atoms with Crippen LogP contribution in [0.1, 0.15) is 23.6 Å². The van der Waals surface area contributed by atoms with Crippen LogP contribution < -0.4 is 10.6 Å². The van der Waals surface area contributed by atoms with Gasteiger partial charge in [-0.1, -0.05) is 54.1 Å². The summed E-state index contributed by atoms with van der Waals surface area (Å²) in [6, 6.07) is 18.8. The van der Waals surface area contributed by atoms with Gasteiger partial charge in [-0.15, -0.1) is 0 Å². The summed E-state index contributed by atoms with van der Waals surface area (Å²) in [6.07, 6.45) is 1.84. The second-order valence-corrected chi connectivity index (χ2v) is 6.03. The molecule has 128 valence electrons. The van der Waals surface area contributed by atoms with Crippen LogP contribution in [0.15, 0.2) is 65.8 Å². The van der Waals surface area contributed by atoms with Crippen LogP contribution in [0, 0.1) is 6.92 Å². The molecule has 0 unspecified atom stereocenters. The first-order chi connectivity index (χ1) is 12.3. The molecule has 0 aliphatic rings. The molecule has 3 rings (SSSR count). The zero-order chi connectivity index (χ0) is 17.5. The van der Waals surface area contributed by atoms with Crippen LogP contribution in [-0.4, -0.2) is 17.5 Å². The minimum atomic E-state index is 0.658. The van der Waals surface area contributed by atoms with Crippen LogP contribution in [0.3, 0.4) is 0 Å². The Bertz CT molecular complexity index is 865. The highest BCUT2D eigenvalue weighted by molar-refractivity contribution is 5.83. The van der Waals surface area contributed by atoms with Crippen molar-refractivity contribution in [2.75, 3.05) is 6.54 Å². The van der Waals surface area contributed by atoms with Crippen LogP contribution in [-0.2, 0) is 13.1 Å². The maximum absolute atomic E-state index is 4.69. The number of aryl methyl sites for hydroxylation is 1. The highest BCUT2D eigenvalue weighted by Crippen LogP contribution is 2.15. The maximum atomic E-state index is 4.69. The first-order valence-corrected chi connectivity index (χ1v) is 8.66. The summed E-state index contributed by atoms with van der Waals surface area (Å²) in [7, 11) is 0. The number of fused-ring (bicyclic) bond motifs is 1. The Morgan fingerprint density at radius 1 is 1.04 bits per heavy atom. The van der Waals surface area contributed by atoms with E-state index in [9.17, 15) is 0 Å². The van der Waals surface area contributed by atoms with Crippen LogP contribution >= 0.6 is 0 Å². The summed E-state index contributed by atoms with van der Waals surface area (Å²) in [5.74, 6) is 0.817. The Kier molecular flexibility index (Phi) is 5.62. The van der Waals surface area contributed by atoms with Crippen molar-refractivity contribution < 1.29 is 0 Å². The number of guanidine groups is 1. The van der Waals surface area contributed by atoms with Gasteiger partial charge in [0.2, 0.25) is 0 Å². The molecule has 1 heterocycles. The van der Waals surface area contributed by atoms with Gasteiger partial charge in [-0.2, -0.15) is 0 Å². The van der Waals surface area contributed by atoms with Crippen molar-refractivity contribution in [2.45, 2.75) is 26.9 Å². The molecular formula is C21H24N4. The standard InChI is InChI=1S/C21H24N4/c1-3-22-21(24-14-17-8-4-7-16(2)13-17)25-15-19-10-5-9-18-11-6-12-23-20(18)19/h4-13H,3,14-15H2,1-2H3,(H2,22,24,25). The van der Waals surface area contributed by atoms with E-state index in [2.05, 4.69) is 78.0 Å². The molecule has 0 atom stereocenters. The molecule has 1 aromatic heterocycles. The molecule has 0 saturated carbocycles. The first kappa shape index (κ1) is 17.0. The average Bonchev–Trinajstić information content (AvgIpc) is 2.64. The van der Waals surface area contributed by atoms with Crippen molar-refractivity contribution in [3.05, 3.63) is 77.5 Å². The summed E-state index contributed by atoms with van der Waals surface area (Å²) in [4.78, 5) is 9.20. The molecule has 25 heavy (non-hydrogen) atoms. The van der Waals surface area contributed by atoms with E-state index in [0.717, 1.165) is 23.4 Å². The van der Waals surface area contributed by atoms with E-state index in [4.69, 9.17) is 4.99 Å². The Morgan fingerprint density at radius 3 is 2.72 bits per heavy atom. The molecule has 0 aliphatic heterocycles. The average molecular weight is 332 g/mol. The number of aliphatic imine (C=N–C) groups is 1. The van der Waals surface area contributed by atoms with Gasteiger partial charge in [0, 0.05) is 24.7 Å². The van der Waals surface area contributed by atoms with E-state index in [1.807, 2.05) is 12.3 Å². The van der Waals surface area contributed by atoms with E-state index >= 15 is 0 Å². The van der Waals surface area contributed by atoms with Gasteiger partial charge in [0.1, 0.15) is 0 Å². The molecule has 2 N–H and O–H groups in total. The van der Waals surface area contributed by atoms with E-state index < -0.39 is 0 Å². The first-order valence-electron chi connectivity index (χ1n) is 8.66. The number of aromatic nitrogens is 1. The normalized spacial score (nSPS) is 11.5. The number of nitrogens with zero attached hydrogens (tertiary/aromatic N) is 2. The van der Waals surface area contributed by atoms with E-state index in [-0.39, 0.29) is 0 Å². The van der Waals surface area contributed by atoms with Gasteiger partial charge in [0.25, 0.3) is 0 Å². The van der Waals surface area contributed by atoms with E-state index in [1.165, 1.54) is 16.7 Å². The maximum Gasteiger partial charge on any atom is 0.191 e. The minimum Gasteiger partial charge on any atom is -0.357 e. The summed E-state index contributed by atoms with van der Waals surface area (Å²) >= 11 is 0. The van der Waals surface area contributed by atoms with Gasteiger partial charge >= 0.3 is 0 Å². The van der Waals surface area contributed by atoms with Gasteiger partial charge in [-0.05, 0) is 31.0 Å². The molecule has 0 saturated heterocycles. The highest BCUT2D eigenvalue weighted by atomic mass is 15.2. The third-order valence-corrected chi connectivity index (χ3v) is 4.01. The van der Waals surface area contributed by atoms with Crippen LogP contribution in [0.5, 0.6) is 0 Å². The molecule has 3 aromatic rings. The fraction of sp³-hybridized carbons (Fsp3) is 0.238. The Hall–Kier alpha value is -2.88. The molecule has 0 radical (unpaired) electrons. The number of nitrogens with one attached hydrogen (secondary N) is 2. The summed E-state index contributed by atoms with van der Waals surface area (Å²) < 4.78 is 0. The van der Waals surface area contributed by atoms with Crippen molar-refractivity contribution in [3.63, 3.8) is 0 Å². The minimum absolute atomic E-state index is 0.658. The Labute approximate surface area is 149 Å². The Balaban J connectivity index is 1.72. The highest BCUT2D eigenvalue weighted by Gasteiger charge is 2.03. The quantitative estimate of drug-likeness (QED) is 0.552. The van der Waals surface area contributed by atoms with Crippen molar-refractivity contribution in [3.8, 4) is 0 Å². The molecule has 0 bridgehead atoms. The fourth-order valence-corrected chi connectivity index (χ4v) is 2.81. The van der Waals surface area contributed by atoms with Crippen molar-refractivity contribution in [2.24, 2.45) is 4.99 Å². The number of rotatable bonds is 5. The van der Waals surface area contributed by atoms with Crippen LogP contribution in [0.25, 0.3) is 10.9 Å². The lowest BCUT2D eigenvalue weighted by Crippen LogP contribution is -2.36. The number of hydrogen-bond acceptors (Lipinski definition) is 2. The molecule has 4 nitrogen and oxygen atoms in total. The van der Waals surface area contributed by atoms with Crippen molar-refractivity contribution >= 4 is 16.9 Å². The number of hydrogen-bond donors (Lipinski definition) is 2. The second kappa shape index (κ2) is 8.29. The van der Waals surface area contributed by atoms with Crippen LogP contribution in [0.2, 0.25) is 0 Å². The SMILES string of the molecule is CCNC(=NCc1cccc(C)c1)NCc1cccc2cccnc12. The second-order valence-electron chi connectivity index (χ2n) is 6.03. The number of benzene rings is 2. The molecule has 4 heteroatoms.